The lowest BCUT2D eigenvalue weighted by atomic mass is 9.98. The van der Waals surface area contributed by atoms with Crippen LogP contribution in [0.2, 0.25) is 0 Å². The average Bonchev–Trinajstić information content (AvgIpc) is 3.21. The van der Waals surface area contributed by atoms with Gasteiger partial charge >= 0.3 is 24.2 Å². The number of alkyl halides is 6. The fourth-order valence-corrected chi connectivity index (χ4v) is 5.64. The van der Waals surface area contributed by atoms with Gasteiger partial charge in [0.15, 0.2) is 0 Å². The third-order valence-electron chi connectivity index (χ3n) is 8.83. The van der Waals surface area contributed by atoms with Gasteiger partial charge < -0.3 is 30.4 Å². The summed E-state index contributed by atoms with van der Waals surface area (Å²) in [4.78, 5) is 25.4. The third kappa shape index (κ3) is 12.9. The molecule has 0 saturated heterocycles. The predicted octanol–water partition coefficient (Wildman–Crippen LogP) is 9.73. The molecule has 0 saturated carbocycles. The maximum absolute atomic E-state index is 14.7. The molecule has 308 valence electrons. The highest BCUT2D eigenvalue weighted by Crippen LogP contribution is 2.33. The number of hydrogen-bond donors (Lipinski definition) is 2. The Morgan fingerprint density at radius 2 is 0.983 bits per heavy atom. The van der Waals surface area contributed by atoms with E-state index in [-0.39, 0.29) is 43.2 Å². The van der Waals surface area contributed by atoms with Crippen LogP contribution in [0.15, 0.2) is 127 Å². The van der Waals surface area contributed by atoms with E-state index < -0.39 is 54.5 Å². The van der Waals surface area contributed by atoms with E-state index in [0.29, 0.717) is 33.5 Å². The van der Waals surface area contributed by atoms with Gasteiger partial charge in [-0.15, -0.1) is 0 Å². The lowest BCUT2D eigenvalue weighted by Crippen LogP contribution is -2.21. The van der Waals surface area contributed by atoms with E-state index in [1.54, 1.807) is 12.1 Å². The second kappa shape index (κ2) is 20.1. The largest absolute Gasteiger partial charge is 0.462 e. The molecule has 0 fully saturated rings. The fraction of sp³-hybridized carbons (Fsp3) is 0.200. The van der Waals surface area contributed by atoms with Crippen LogP contribution in [-0.2, 0) is 44.1 Å². The Bertz CT molecular complexity index is 2080. The number of halogens is 6. The number of benzene rings is 5. The van der Waals surface area contributed by atoms with Crippen molar-refractivity contribution in [1.29, 1.82) is 0 Å². The van der Waals surface area contributed by atoms with Crippen LogP contribution < -0.4 is 20.9 Å². The van der Waals surface area contributed by atoms with Crippen LogP contribution in [0.1, 0.15) is 44.9 Å². The second-order valence-corrected chi connectivity index (χ2v) is 13.2. The molecule has 5 rings (SSSR count). The summed E-state index contributed by atoms with van der Waals surface area (Å²) in [6.07, 6.45) is -1.97. The molecular formula is C45H40F6N2O6. The van der Waals surface area contributed by atoms with Crippen molar-refractivity contribution in [3.8, 4) is 11.5 Å². The molecule has 0 unspecified atom stereocenters. The highest BCUT2D eigenvalue weighted by atomic mass is 19.3. The normalized spacial score (nSPS) is 11.9. The smallest absolute Gasteiger partial charge is 0.426 e. The Kier molecular flexibility index (Phi) is 14.8. The van der Waals surface area contributed by atoms with Gasteiger partial charge in [0.25, 0.3) is 0 Å². The lowest BCUT2D eigenvalue weighted by molar-refractivity contribution is -0.186. The first-order valence-corrected chi connectivity index (χ1v) is 18.2. The zero-order valence-electron chi connectivity index (χ0n) is 31.5. The Labute approximate surface area is 336 Å². The molecule has 8 nitrogen and oxygen atoms in total. The summed E-state index contributed by atoms with van der Waals surface area (Å²) in [5.74, 6) is -2.47. The molecule has 4 N–H and O–H groups in total. The highest BCUT2D eigenvalue weighted by Gasteiger charge is 2.35. The summed E-state index contributed by atoms with van der Waals surface area (Å²) in [6.45, 7) is -1.70. The Morgan fingerprint density at radius 1 is 0.576 bits per heavy atom. The van der Waals surface area contributed by atoms with Gasteiger partial charge in [-0.2, -0.15) is 17.6 Å². The number of nitrogens with two attached hydrogens (primary N) is 2. The van der Waals surface area contributed by atoms with Crippen LogP contribution in [0.4, 0.5) is 37.7 Å². The summed E-state index contributed by atoms with van der Waals surface area (Å²) in [7, 11) is 0. The van der Waals surface area contributed by atoms with Gasteiger partial charge in [0.1, 0.15) is 24.7 Å². The van der Waals surface area contributed by atoms with E-state index >= 15 is 0 Å². The molecule has 5 aromatic carbocycles. The molecular weight excluding hydrogens is 778 g/mol. The molecule has 0 aliphatic rings. The molecule has 0 spiro atoms. The number of carbonyl (C=O) groups excluding carboxylic acids is 2. The van der Waals surface area contributed by atoms with E-state index in [1.807, 2.05) is 0 Å². The van der Waals surface area contributed by atoms with E-state index in [9.17, 15) is 35.9 Å². The SMILES string of the molecule is Nc1ccc(C(COC(=O)/C=C/c2ccc(OC(F)(F)c3ccc(CCF)cc3)cc2)COC(=O)/C=C/c2ccc(OC(F)(F)c3ccc(CCF)cc3)cc2)c(N)c1. The molecule has 0 heterocycles. The van der Waals surface area contributed by atoms with Crippen molar-refractivity contribution < 1.29 is 54.9 Å². The van der Waals surface area contributed by atoms with Crippen molar-refractivity contribution in [1.82, 2.24) is 0 Å². The maximum atomic E-state index is 14.7. The quantitative estimate of drug-likeness (QED) is 0.0366. The van der Waals surface area contributed by atoms with E-state index in [2.05, 4.69) is 0 Å². The molecule has 0 atom stereocenters. The molecule has 0 aromatic heterocycles. The molecule has 14 heteroatoms. The lowest BCUT2D eigenvalue weighted by Gasteiger charge is -2.19. The molecule has 5 aromatic rings. The monoisotopic (exact) mass is 818 g/mol. The zero-order valence-corrected chi connectivity index (χ0v) is 31.5. The summed E-state index contributed by atoms with van der Waals surface area (Å²) in [5.41, 5.74) is 14.5. The van der Waals surface area contributed by atoms with Crippen molar-refractivity contribution in [3.63, 3.8) is 0 Å². The van der Waals surface area contributed by atoms with Gasteiger partial charge in [-0.1, -0.05) is 54.6 Å². The Morgan fingerprint density at radius 3 is 1.36 bits per heavy atom. The van der Waals surface area contributed by atoms with Gasteiger partial charge in [0.2, 0.25) is 0 Å². The Balaban J connectivity index is 1.14. The molecule has 0 radical (unpaired) electrons. The number of hydrogen-bond acceptors (Lipinski definition) is 8. The van der Waals surface area contributed by atoms with Gasteiger partial charge in [-0.3, -0.25) is 8.78 Å². The summed E-state index contributed by atoms with van der Waals surface area (Å²) < 4.78 is 105. The minimum Gasteiger partial charge on any atom is -0.462 e. The first-order chi connectivity index (χ1) is 28.2. The number of esters is 2. The number of nitrogen functional groups attached to an aromatic ring is 2. The van der Waals surface area contributed by atoms with Gasteiger partial charge in [0, 0.05) is 36.4 Å². The van der Waals surface area contributed by atoms with Crippen LogP contribution in [0.3, 0.4) is 0 Å². The van der Waals surface area contributed by atoms with Crippen molar-refractivity contribution in [2.24, 2.45) is 0 Å². The van der Waals surface area contributed by atoms with E-state index in [4.69, 9.17) is 30.4 Å². The van der Waals surface area contributed by atoms with Crippen molar-refractivity contribution >= 4 is 35.5 Å². The van der Waals surface area contributed by atoms with Gasteiger partial charge in [-0.25, -0.2) is 9.59 Å². The standard InChI is InChI=1S/C45H40F6N2O6/c46-25-23-32-1-11-35(12-2-32)44(48,49)58-38-16-5-30(6-17-38)9-21-42(54)56-28-34(40-20-15-37(52)27-41(40)53)29-57-43(55)22-10-31-7-18-39(19-8-31)59-45(50,51)36-13-3-33(4-14-36)24-26-47/h1-22,27,34H,23-26,28-29,52-53H2/b21-9+,22-10+. The maximum Gasteiger partial charge on any atom is 0.426 e. The molecule has 59 heavy (non-hydrogen) atoms. The first kappa shape index (κ1) is 43.4. The summed E-state index contributed by atoms with van der Waals surface area (Å²) in [6, 6.07) is 26.2. The molecule has 0 aliphatic carbocycles. The van der Waals surface area contributed by atoms with Crippen molar-refractivity contribution in [2.75, 3.05) is 38.0 Å². The number of aryl methyl sites for hydroxylation is 2. The van der Waals surface area contributed by atoms with Crippen LogP contribution in [0.25, 0.3) is 12.2 Å². The highest BCUT2D eigenvalue weighted by molar-refractivity contribution is 5.87. The van der Waals surface area contributed by atoms with Gasteiger partial charge in [0.05, 0.1) is 30.4 Å². The zero-order chi connectivity index (χ0) is 42.4. The van der Waals surface area contributed by atoms with Crippen LogP contribution in [-0.4, -0.2) is 38.5 Å². The topological polar surface area (TPSA) is 123 Å². The number of carbonyl (C=O) groups is 2. The summed E-state index contributed by atoms with van der Waals surface area (Å²) in [5, 5.41) is 0. The van der Waals surface area contributed by atoms with Crippen LogP contribution in [0, 0.1) is 0 Å². The minimum atomic E-state index is -3.65. The van der Waals surface area contributed by atoms with Gasteiger partial charge in [-0.05, 0) is 101 Å². The third-order valence-corrected chi connectivity index (χ3v) is 8.83. The second-order valence-electron chi connectivity index (χ2n) is 13.2. The number of anilines is 2. The van der Waals surface area contributed by atoms with Crippen molar-refractivity contribution in [3.05, 3.63) is 166 Å². The molecule has 0 aliphatic heterocycles. The predicted molar refractivity (Wildman–Crippen MR) is 212 cm³/mol. The van der Waals surface area contributed by atoms with E-state index in [0.717, 1.165) is 12.2 Å². The van der Waals surface area contributed by atoms with Crippen LogP contribution in [0.5, 0.6) is 11.5 Å². The Hall–Kier alpha value is -6.70. The first-order valence-electron chi connectivity index (χ1n) is 18.2. The van der Waals surface area contributed by atoms with Crippen molar-refractivity contribution in [2.45, 2.75) is 31.0 Å². The number of ether oxygens (including phenoxy) is 4. The molecule has 0 amide bonds. The van der Waals surface area contributed by atoms with Crippen LogP contribution >= 0.6 is 0 Å². The molecule has 0 bridgehead atoms. The van der Waals surface area contributed by atoms with E-state index in [1.165, 1.54) is 115 Å². The minimum absolute atomic E-state index is 0.123. The fourth-order valence-electron chi connectivity index (χ4n) is 5.64. The average molecular weight is 819 g/mol. The number of rotatable bonds is 19. The summed E-state index contributed by atoms with van der Waals surface area (Å²) >= 11 is 0.